The van der Waals surface area contributed by atoms with Gasteiger partial charge in [0.2, 0.25) is 17.6 Å². The highest BCUT2D eigenvalue weighted by atomic mass is 16.5. The Labute approximate surface area is 181 Å². The Balaban J connectivity index is 1.59. The Morgan fingerprint density at radius 2 is 1.74 bits per heavy atom. The second kappa shape index (κ2) is 8.71. The van der Waals surface area contributed by atoms with E-state index in [0.717, 1.165) is 16.7 Å². The molecule has 0 unspecified atom stereocenters. The van der Waals surface area contributed by atoms with Crippen molar-refractivity contribution in [2.75, 3.05) is 7.05 Å². The zero-order chi connectivity index (χ0) is 22.0. The first-order valence-corrected chi connectivity index (χ1v) is 10.4. The van der Waals surface area contributed by atoms with E-state index in [-0.39, 0.29) is 29.7 Å². The number of hydrogen-bond acceptors (Lipinski definition) is 5. The van der Waals surface area contributed by atoms with Crippen molar-refractivity contribution in [2.45, 2.75) is 38.6 Å². The molecule has 1 aliphatic rings. The number of benzene rings is 2. The van der Waals surface area contributed by atoms with Gasteiger partial charge in [-0.05, 0) is 38.8 Å². The minimum Gasteiger partial charge on any atom is -0.359 e. The third-order valence-electron chi connectivity index (χ3n) is 5.77. The van der Waals surface area contributed by atoms with Gasteiger partial charge >= 0.3 is 0 Å². The average Bonchev–Trinajstić information content (AvgIpc) is 3.40. The van der Waals surface area contributed by atoms with Gasteiger partial charge in [-0.3, -0.25) is 9.59 Å². The SMILES string of the molecule is CNC(=O)[C@H]1C[C@H](NC(=O)c2cc(C)cc(C)c2)[C@H](c2nc(-c3ccccc3)no2)C1. The summed E-state index contributed by atoms with van der Waals surface area (Å²) in [7, 11) is 1.62. The first kappa shape index (κ1) is 20.8. The van der Waals surface area contributed by atoms with E-state index in [1.807, 2.05) is 62.4 Å². The van der Waals surface area contributed by atoms with Crippen LogP contribution in [0.1, 0.15) is 46.1 Å². The molecule has 31 heavy (non-hydrogen) atoms. The average molecular weight is 418 g/mol. The van der Waals surface area contributed by atoms with E-state index in [4.69, 9.17) is 4.52 Å². The maximum absolute atomic E-state index is 13.0. The summed E-state index contributed by atoms with van der Waals surface area (Å²) in [6, 6.07) is 15.1. The summed E-state index contributed by atoms with van der Waals surface area (Å²) < 4.78 is 5.58. The third kappa shape index (κ3) is 4.50. The van der Waals surface area contributed by atoms with Crippen LogP contribution in [-0.4, -0.2) is 35.0 Å². The van der Waals surface area contributed by atoms with Crippen molar-refractivity contribution in [3.63, 3.8) is 0 Å². The van der Waals surface area contributed by atoms with Gasteiger partial charge in [0.1, 0.15) is 0 Å². The van der Waals surface area contributed by atoms with Crippen LogP contribution in [0.4, 0.5) is 0 Å². The van der Waals surface area contributed by atoms with Crippen LogP contribution in [-0.2, 0) is 4.79 Å². The smallest absolute Gasteiger partial charge is 0.251 e. The van der Waals surface area contributed by atoms with Crippen LogP contribution < -0.4 is 10.6 Å². The Bertz CT molecular complexity index is 1070. The minimum atomic E-state index is -0.278. The summed E-state index contributed by atoms with van der Waals surface area (Å²) in [5.74, 6) is 0.265. The molecule has 3 aromatic rings. The molecule has 0 radical (unpaired) electrons. The fraction of sp³-hybridized carbons (Fsp3) is 0.333. The molecule has 1 aromatic heterocycles. The second-order valence-electron chi connectivity index (χ2n) is 8.17. The van der Waals surface area contributed by atoms with Gasteiger partial charge in [-0.15, -0.1) is 0 Å². The molecule has 2 N–H and O–H groups in total. The van der Waals surface area contributed by atoms with E-state index in [9.17, 15) is 9.59 Å². The van der Waals surface area contributed by atoms with Gasteiger partial charge in [0, 0.05) is 30.1 Å². The van der Waals surface area contributed by atoms with E-state index in [1.165, 1.54) is 0 Å². The number of nitrogens with zero attached hydrogens (tertiary/aromatic N) is 2. The van der Waals surface area contributed by atoms with Gasteiger partial charge in [0.15, 0.2) is 0 Å². The van der Waals surface area contributed by atoms with E-state index < -0.39 is 0 Å². The van der Waals surface area contributed by atoms with Gasteiger partial charge < -0.3 is 15.2 Å². The Morgan fingerprint density at radius 1 is 1.03 bits per heavy atom. The molecular weight excluding hydrogens is 392 g/mol. The summed E-state index contributed by atoms with van der Waals surface area (Å²) in [6.45, 7) is 3.93. The molecule has 0 bridgehead atoms. The fourth-order valence-corrected chi connectivity index (χ4v) is 4.34. The molecule has 3 atom stereocenters. The molecule has 7 nitrogen and oxygen atoms in total. The molecule has 7 heteroatoms. The number of amides is 2. The maximum atomic E-state index is 13.0. The van der Waals surface area contributed by atoms with Crippen molar-refractivity contribution in [1.82, 2.24) is 20.8 Å². The van der Waals surface area contributed by atoms with Crippen molar-refractivity contribution in [1.29, 1.82) is 0 Å². The number of rotatable bonds is 5. The molecule has 1 saturated carbocycles. The topological polar surface area (TPSA) is 97.1 Å². The molecule has 160 valence electrons. The highest BCUT2D eigenvalue weighted by Crippen LogP contribution is 2.39. The van der Waals surface area contributed by atoms with Crippen LogP contribution in [0.3, 0.4) is 0 Å². The normalized spacial score (nSPS) is 20.4. The van der Waals surface area contributed by atoms with Crippen LogP contribution in [0.25, 0.3) is 11.4 Å². The summed E-state index contributed by atoms with van der Waals surface area (Å²) >= 11 is 0. The summed E-state index contributed by atoms with van der Waals surface area (Å²) in [5.41, 5.74) is 3.52. The van der Waals surface area contributed by atoms with Crippen molar-refractivity contribution >= 4 is 11.8 Å². The van der Waals surface area contributed by atoms with Gasteiger partial charge in [-0.2, -0.15) is 4.98 Å². The van der Waals surface area contributed by atoms with Crippen molar-refractivity contribution in [3.05, 3.63) is 71.1 Å². The van der Waals surface area contributed by atoms with Gasteiger partial charge in [0.05, 0.1) is 5.92 Å². The summed E-state index contributed by atoms with van der Waals surface area (Å²) in [5, 5.41) is 9.94. The highest BCUT2D eigenvalue weighted by Gasteiger charge is 2.42. The lowest BCUT2D eigenvalue weighted by Gasteiger charge is -2.18. The van der Waals surface area contributed by atoms with Gasteiger partial charge in [0.25, 0.3) is 5.91 Å². The van der Waals surface area contributed by atoms with Gasteiger partial charge in [-0.1, -0.05) is 52.7 Å². The van der Waals surface area contributed by atoms with Crippen molar-refractivity contribution in [3.8, 4) is 11.4 Å². The maximum Gasteiger partial charge on any atom is 0.251 e. The van der Waals surface area contributed by atoms with E-state index in [1.54, 1.807) is 7.05 Å². The quantitative estimate of drug-likeness (QED) is 0.662. The zero-order valence-corrected chi connectivity index (χ0v) is 17.9. The Kier molecular flexibility index (Phi) is 5.84. The summed E-state index contributed by atoms with van der Waals surface area (Å²) in [6.07, 6.45) is 1.05. The first-order valence-electron chi connectivity index (χ1n) is 10.4. The highest BCUT2D eigenvalue weighted by molar-refractivity contribution is 5.95. The minimum absolute atomic E-state index is 0.0454. The number of nitrogens with one attached hydrogen (secondary N) is 2. The molecule has 0 saturated heterocycles. The van der Waals surface area contributed by atoms with Crippen molar-refractivity contribution in [2.24, 2.45) is 5.92 Å². The Morgan fingerprint density at radius 3 is 2.42 bits per heavy atom. The molecule has 2 amide bonds. The molecule has 0 spiro atoms. The van der Waals surface area contributed by atoms with Crippen LogP contribution >= 0.6 is 0 Å². The van der Waals surface area contributed by atoms with E-state index >= 15 is 0 Å². The number of aryl methyl sites for hydroxylation is 2. The lowest BCUT2D eigenvalue weighted by Crippen LogP contribution is -2.37. The Hall–Kier alpha value is -3.48. The van der Waals surface area contributed by atoms with Crippen LogP contribution in [0, 0.1) is 19.8 Å². The largest absolute Gasteiger partial charge is 0.359 e. The second-order valence-corrected chi connectivity index (χ2v) is 8.17. The van der Waals surface area contributed by atoms with Crippen LogP contribution in [0.5, 0.6) is 0 Å². The lowest BCUT2D eigenvalue weighted by molar-refractivity contribution is -0.124. The summed E-state index contributed by atoms with van der Waals surface area (Å²) in [4.78, 5) is 29.9. The first-order chi connectivity index (χ1) is 14.9. The monoisotopic (exact) mass is 418 g/mol. The van der Waals surface area contributed by atoms with Crippen molar-refractivity contribution < 1.29 is 14.1 Å². The number of carbonyl (C=O) groups is 2. The lowest BCUT2D eigenvalue weighted by atomic mass is 10.0. The predicted octanol–water partition coefficient (Wildman–Crippen LogP) is 3.39. The molecule has 1 heterocycles. The van der Waals surface area contributed by atoms with E-state index in [0.29, 0.717) is 30.1 Å². The molecule has 2 aromatic carbocycles. The predicted molar refractivity (Wildman–Crippen MR) is 116 cm³/mol. The molecule has 0 aliphatic heterocycles. The fourth-order valence-electron chi connectivity index (χ4n) is 4.34. The standard InChI is InChI=1S/C24H26N4O3/c1-14-9-15(2)11-17(10-14)23(30)26-20-13-18(22(29)25-3)12-19(20)24-27-21(28-31-24)16-7-5-4-6-8-16/h4-11,18-20H,12-13H2,1-3H3,(H,25,29)(H,26,30)/t18-,19-,20+/m1/s1. The number of hydrogen-bond donors (Lipinski definition) is 2. The van der Waals surface area contributed by atoms with Crippen LogP contribution in [0.2, 0.25) is 0 Å². The van der Waals surface area contributed by atoms with E-state index in [2.05, 4.69) is 20.8 Å². The zero-order valence-electron chi connectivity index (χ0n) is 17.9. The number of aromatic nitrogens is 2. The third-order valence-corrected chi connectivity index (χ3v) is 5.77. The number of carbonyl (C=O) groups excluding carboxylic acids is 2. The molecule has 1 fully saturated rings. The van der Waals surface area contributed by atoms with Crippen LogP contribution in [0.15, 0.2) is 53.1 Å². The molecule has 4 rings (SSSR count). The van der Waals surface area contributed by atoms with Gasteiger partial charge in [-0.25, -0.2) is 0 Å². The molecule has 1 aliphatic carbocycles. The molecular formula is C24H26N4O3.